The first-order valence-electron chi connectivity index (χ1n) is 6.25. The van der Waals surface area contributed by atoms with Crippen LogP contribution in [0.25, 0.3) is 0 Å². The number of rotatable bonds is 6. The van der Waals surface area contributed by atoms with Gasteiger partial charge in [-0.3, -0.25) is 4.68 Å². The fraction of sp³-hybridized carbons (Fsp3) is 0.385. The van der Waals surface area contributed by atoms with E-state index in [0.29, 0.717) is 17.3 Å². The number of aromatic nitrogens is 2. The Hall–Kier alpha value is -1.53. The number of hydrogen-bond acceptors (Lipinski definition) is 4. The molecule has 0 spiro atoms. The first-order chi connectivity index (χ1) is 9.56. The molecule has 0 bridgehead atoms. The monoisotopic (exact) mass is 314 g/mol. The molecule has 0 saturated heterocycles. The zero-order valence-electron chi connectivity index (χ0n) is 11.2. The summed E-state index contributed by atoms with van der Waals surface area (Å²) >= 11 is 7.41. The van der Waals surface area contributed by atoms with Crippen LogP contribution in [0.5, 0.6) is 5.75 Å². The summed E-state index contributed by atoms with van der Waals surface area (Å²) in [5, 5.41) is 15.6. The third-order valence-electron chi connectivity index (χ3n) is 2.86. The molecule has 0 atom stereocenters. The normalized spacial score (nSPS) is 10.8. The van der Waals surface area contributed by atoms with Gasteiger partial charge in [0.25, 0.3) is 0 Å². The molecule has 20 heavy (non-hydrogen) atoms. The third-order valence-corrected chi connectivity index (χ3v) is 4.19. The second kappa shape index (κ2) is 6.28. The van der Waals surface area contributed by atoms with Crippen LogP contribution >= 0.6 is 22.9 Å². The van der Waals surface area contributed by atoms with Crippen molar-refractivity contribution in [1.82, 2.24) is 9.78 Å². The van der Waals surface area contributed by atoms with E-state index in [-0.39, 0.29) is 11.5 Å². The summed E-state index contributed by atoms with van der Waals surface area (Å²) in [4.78, 5) is 11.1. The van der Waals surface area contributed by atoms with Gasteiger partial charge in [0.05, 0.1) is 16.4 Å². The number of hydrogen-bond donors (Lipinski definition) is 1. The van der Waals surface area contributed by atoms with E-state index < -0.39 is 5.97 Å². The maximum absolute atomic E-state index is 10.8. The summed E-state index contributed by atoms with van der Waals surface area (Å²) in [7, 11) is 0. The molecule has 0 radical (unpaired) electrons. The predicted octanol–water partition coefficient (Wildman–Crippen LogP) is 3.46. The van der Waals surface area contributed by atoms with Crippen molar-refractivity contribution < 1.29 is 14.6 Å². The molecule has 0 aliphatic heterocycles. The second-order valence-electron chi connectivity index (χ2n) is 4.12. The molecule has 2 aromatic heterocycles. The van der Waals surface area contributed by atoms with Crippen LogP contribution in [0.4, 0.5) is 0 Å². The number of nitrogens with zero attached hydrogens (tertiary/aromatic N) is 2. The Morgan fingerprint density at radius 1 is 1.55 bits per heavy atom. The van der Waals surface area contributed by atoms with Crippen LogP contribution < -0.4 is 4.74 Å². The van der Waals surface area contributed by atoms with Gasteiger partial charge in [-0.15, -0.1) is 11.3 Å². The standard InChI is InChI=1S/C13H15ClN2O3S/c1-3-9-12(14)10(16(4-2)15-9)6-19-8-5-11(13(17)18)20-7-8/h5,7H,3-4,6H2,1-2H3,(H,17,18). The Bertz CT molecular complexity index is 621. The van der Waals surface area contributed by atoms with E-state index in [2.05, 4.69) is 5.10 Å². The van der Waals surface area contributed by atoms with Crippen molar-refractivity contribution in [3.8, 4) is 5.75 Å². The van der Waals surface area contributed by atoms with Crippen LogP contribution in [0, 0.1) is 0 Å². The average Bonchev–Trinajstić information content (AvgIpc) is 3.01. The van der Waals surface area contributed by atoms with Gasteiger partial charge in [0, 0.05) is 18.0 Å². The third kappa shape index (κ3) is 2.96. The highest BCUT2D eigenvalue weighted by Gasteiger charge is 2.15. The fourth-order valence-electron chi connectivity index (χ4n) is 1.81. The number of carboxylic acid groups (broad SMARTS) is 1. The van der Waals surface area contributed by atoms with Crippen LogP contribution in [0.3, 0.4) is 0 Å². The zero-order chi connectivity index (χ0) is 14.7. The smallest absolute Gasteiger partial charge is 0.346 e. The molecule has 0 aliphatic carbocycles. The maximum Gasteiger partial charge on any atom is 0.346 e. The van der Waals surface area contributed by atoms with Gasteiger partial charge in [-0.05, 0) is 13.3 Å². The summed E-state index contributed by atoms with van der Waals surface area (Å²) in [6.07, 6.45) is 0.764. The Morgan fingerprint density at radius 3 is 2.85 bits per heavy atom. The molecular weight excluding hydrogens is 300 g/mol. The minimum atomic E-state index is -0.949. The Kier molecular flexibility index (Phi) is 4.67. The highest BCUT2D eigenvalue weighted by molar-refractivity contribution is 7.12. The summed E-state index contributed by atoms with van der Waals surface area (Å²) in [6, 6.07) is 1.51. The van der Waals surface area contributed by atoms with Gasteiger partial charge in [0.15, 0.2) is 0 Å². The minimum Gasteiger partial charge on any atom is -0.486 e. The molecule has 7 heteroatoms. The van der Waals surface area contributed by atoms with Crippen LogP contribution in [0.1, 0.15) is 34.9 Å². The summed E-state index contributed by atoms with van der Waals surface area (Å²) in [6.45, 7) is 4.97. The van der Waals surface area contributed by atoms with Crippen LogP contribution in [-0.2, 0) is 19.6 Å². The summed E-state index contributed by atoms with van der Waals surface area (Å²) < 4.78 is 7.42. The van der Waals surface area contributed by atoms with Crippen molar-refractivity contribution in [2.45, 2.75) is 33.4 Å². The maximum atomic E-state index is 10.8. The van der Waals surface area contributed by atoms with Gasteiger partial charge in [0.1, 0.15) is 17.2 Å². The van der Waals surface area contributed by atoms with Gasteiger partial charge < -0.3 is 9.84 Å². The molecule has 2 rings (SSSR count). The van der Waals surface area contributed by atoms with E-state index in [4.69, 9.17) is 21.4 Å². The minimum absolute atomic E-state index is 0.254. The largest absolute Gasteiger partial charge is 0.486 e. The van der Waals surface area contributed by atoms with E-state index in [0.717, 1.165) is 29.1 Å². The number of halogens is 1. The van der Waals surface area contributed by atoms with E-state index in [1.165, 1.54) is 6.07 Å². The highest BCUT2D eigenvalue weighted by atomic mass is 35.5. The lowest BCUT2D eigenvalue weighted by Gasteiger charge is -2.06. The predicted molar refractivity (Wildman–Crippen MR) is 77.9 cm³/mol. The van der Waals surface area contributed by atoms with Crippen molar-refractivity contribution in [2.75, 3.05) is 0 Å². The lowest BCUT2D eigenvalue weighted by molar-refractivity contribution is 0.0702. The number of aryl methyl sites for hydroxylation is 2. The number of carbonyl (C=O) groups is 1. The molecule has 2 heterocycles. The molecule has 0 saturated carbocycles. The number of aromatic carboxylic acids is 1. The van der Waals surface area contributed by atoms with Gasteiger partial charge in [-0.2, -0.15) is 5.10 Å². The van der Waals surface area contributed by atoms with E-state index in [9.17, 15) is 4.79 Å². The SMILES string of the molecule is CCc1nn(CC)c(COc2csc(C(=O)O)c2)c1Cl. The molecule has 2 aromatic rings. The van der Waals surface area contributed by atoms with Crippen LogP contribution in [0.2, 0.25) is 5.02 Å². The Morgan fingerprint density at radius 2 is 2.30 bits per heavy atom. The fourth-order valence-corrected chi connectivity index (χ4v) is 2.80. The molecular formula is C13H15ClN2O3S. The van der Waals surface area contributed by atoms with Crippen molar-refractivity contribution in [1.29, 1.82) is 0 Å². The van der Waals surface area contributed by atoms with E-state index >= 15 is 0 Å². The van der Waals surface area contributed by atoms with E-state index in [1.54, 1.807) is 5.38 Å². The Balaban J connectivity index is 2.13. The second-order valence-corrected chi connectivity index (χ2v) is 5.41. The first kappa shape index (κ1) is 14.9. The molecule has 108 valence electrons. The lowest BCUT2D eigenvalue weighted by Crippen LogP contribution is -2.06. The number of carboxylic acids is 1. The van der Waals surface area contributed by atoms with Crippen molar-refractivity contribution in [3.63, 3.8) is 0 Å². The highest BCUT2D eigenvalue weighted by Crippen LogP contribution is 2.26. The zero-order valence-corrected chi connectivity index (χ0v) is 12.8. The summed E-state index contributed by atoms with van der Waals surface area (Å²) in [5.74, 6) is -0.417. The summed E-state index contributed by atoms with van der Waals surface area (Å²) in [5.41, 5.74) is 1.66. The number of ether oxygens (including phenoxy) is 1. The quantitative estimate of drug-likeness (QED) is 0.887. The van der Waals surface area contributed by atoms with E-state index in [1.807, 2.05) is 18.5 Å². The molecule has 1 N–H and O–H groups in total. The molecule has 0 amide bonds. The van der Waals surface area contributed by atoms with Crippen molar-refractivity contribution >= 4 is 28.9 Å². The van der Waals surface area contributed by atoms with Crippen molar-refractivity contribution in [3.05, 3.63) is 32.7 Å². The average molecular weight is 315 g/mol. The van der Waals surface area contributed by atoms with Gasteiger partial charge in [-0.1, -0.05) is 18.5 Å². The molecule has 0 aliphatic rings. The molecule has 5 nitrogen and oxygen atoms in total. The molecule has 0 aromatic carbocycles. The molecule has 0 unspecified atom stereocenters. The van der Waals surface area contributed by atoms with Gasteiger partial charge in [-0.25, -0.2) is 4.79 Å². The number of thiophene rings is 1. The Labute approximate surface area is 125 Å². The first-order valence-corrected chi connectivity index (χ1v) is 7.51. The van der Waals surface area contributed by atoms with Crippen LogP contribution in [-0.4, -0.2) is 20.9 Å². The topological polar surface area (TPSA) is 64.4 Å². The molecule has 0 fully saturated rings. The lowest BCUT2D eigenvalue weighted by atomic mass is 10.3. The van der Waals surface area contributed by atoms with Gasteiger partial charge >= 0.3 is 5.97 Å². The van der Waals surface area contributed by atoms with Gasteiger partial charge in [0.2, 0.25) is 0 Å². The van der Waals surface area contributed by atoms with Crippen LogP contribution in [0.15, 0.2) is 11.4 Å². The van der Waals surface area contributed by atoms with Crippen molar-refractivity contribution in [2.24, 2.45) is 0 Å².